The van der Waals surface area contributed by atoms with Crippen LogP contribution in [0.4, 0.5) is 5.69 Å². The Morgan fingerprint density at radius 3 is 2.28 bits per heavy atom. The molecule has 1 aliphatic rings. The van der Waals surface area contributed by atoms with Crippen LogP contribution in [0.3, 0.4) is 0 Å². The van der Waals surface area contributed by atoms with Gasteiger partial charge in [0.25, 0.3) is 0 Å². The number of nitriles is 1. The van der Waals surface area contributed by atoms with Gasteiger partial charge in [-0.3, -0.25) is 0 Å². The summed E-state index contributed by atoms with van der Waals surface area (Å²) in [5.41, 5.74) is -0.0145. The SMILES string of the molecule is N#CC1(Nc2ccc(Cl)cc2)CCS(=O)(=O)CC1. The van der Waals surface area contributed by atoms with Crippen LogP contribution in [-0.4, -0.2) is 25.5 Å². The van der Waals surface area contributed by atoms with Crippen LogP contribution in [0.2, 0.25) is 5.02 Å². The number of rotatable bonds is 2. The van der Waals surface area contributed by atoms with E-state index in [9.17, 15) is 13.7 Å². The van der Waals surface area contributed by atoms with E-state index in [4.69, 9.17) is 11.6 Å². The summed E-state index contributed by atoms with van der Waals surface area (Å²) in [6, 6.07) is 9.24. The van der Waals surface area contributed by atoms with Crippen molar-refractivity contribution in [1.29, 1.82) is 5.26 Å². The Labute approximate surface area is 111 Å². The molecule has 6 heteroatoms. The summed E-state index contributed by atoms with van der Waals surface area (Å²) >= 11 is 5.79. The predicted molar refractivity (Wildman–Crippen MR) is 71.3 cm³/mol. The van der Waals surface area contributed by atoms with Crippen molar-refractivity contribution >= 4 is 27.1 Å². The minimum Gasteiger partial charge on any atom is -0.367 e. The summed E-state index contributed by atoms with van der Waals surface area (Å²) in [7, 11) is -2.98. The first-order chi connectivity index (χ1) is 8.45. The molecule has 1 aliphatic heterocycles. The van der Waals surface area contributed by atoms with Gasteiger partial charge in [-0.05, 0) is 37.1 Å². The molecule has 18 heavy (non-hydrogen) atoms. The van der Waals surface area contributed by atoms with Crippen molar-refractivity contribution in [2.75, 3.05) is 16.8 Å². The van der Waals surface area contributed by atoms with E-state index in [2.05, 4.69) is 11.4 Å². The van der Waals surface area contributed by atoms with E-state index < -0.39 is 15.4 Å². The third-order valence-electron chi connectivity index (χ3n) is 3.12. The number of nitrogens with zero attached hydrogens (tertiary/aromatic N) is 1. The van der Waals surface area contributed by atoms with Crippen molar-refractivity contribution in [2.24, 2.45) is 0 Å². The normalized spacial score (nSPS) is 20.9. The lowest BCUT2D eigenvalue weighted by atomic mass is 9.93. The maximum Gasteiger partial charge on any atom is 0.150 e. The molecule has 0 aliphatic carbocycles. The number of halogens is 1. The van der Waals surface area contributed by atoms with Crippen LogP contribution in [-0.2, 0) is 9.84 Å². The molecule has 0 aromatic heterocycles. The molecule has 4 nitrogen and oxygen atoms in total. The molecular weight excluding hydrogens is 272 g/mol. The average molecular weight is 285 g/mol. The third-order valence-corrected chi connectivity index (χ3v) is 5.03. The minimum absolute atomic E-state index is 0.0567. The second-order valence-electron chi connectivity index (χ2n) is 4.48. The van der Waals surface area contributed by atoms with Crippen LogP contribution in [0, 0.1) is 11.3 Å². The fourth-order valence-electron chi connectivity index (χ4n) is 1.96. The number of anilines is 1. The molecule has 0 saturated carbocycles. The molecule has 0 bridgehead atoms. The van der Waals surface area contributed by atoms with Gasteiger partial charge in [-0.2, -0.15) is 5.26 Å². The first kappa shape index (κ1) is 13.2. The monoisotopic (exact) mass is 284 g/mol. The number of hydrogen-bond donors (Lipinski definition) is 1. The summed E-state index contributed by atoms with van der Waals surface area (Å²) in [6.45, 7) is 0. The molecule has 0 radical (unpaired) electrons. The fourth-order valence-corrected chi connectivity index (χ4v) is 3.61. The van der Waals surface area contributed by atoms with Crippen LogP contribution in [0.25, 0.3) is 0 Å². The summed E-state index contributed by atoms with van der Waals surface area (Å²) in [5, 5.41) is 13.0. The smallest absolute Gasteiger partial charge is 0.150 e. The third kappa shape index (κ3) is 2.95. The first-order valence-corrected chi connectivity index (χ1v) is 7.80. The topological polar surface area (TPSA) is 70.0 Å². The van der Waals surface area contributed by atoms with Gasteiger partial charge >= 0.3 is 0 Å². The number of benzene rings is 1. The van der Waals surface area contributed by atoms with Crippen LogP contribution >= 0.6 is 11.6 Å². The van der Waals surface area contributed by atoms with Gasteiger partial charge in [-0.25, -0.2) is 8.42 Å². The lowest BCUT2D eigenvalue weighted by Gasteiger charge is -2.32. The fraction of sp³-hybridized carbons (Fsp3) is 0.417. The van der Waals surface area contributed by atoms with Crippen molar-refractivity contribution in [3.63, 3.8) is 0 Å². The van der Waals surface area contributed by atoms with E-state index in [-0.39, 0.29) is 11.5 Å². The van der Waals surface area contributed by atoms with Crippen LogP contribution in [0.5, 0.6) is 0 Å². The summed E-state index contributed by atoms with van der Waals surface area (Å²) in [4.78, 5) is 0. The van der Waals surface area contributed by atoms with Crippen molar-refractivity contribution < 1.29 is 8.42 Å². The van der Waals surface area contributed by atoms with Gasteiger partial charge in [-0.1, -0.05) is 11.6 Å². The summed E-state index contributed by atoms with van der Waals surface area (Å²) < 4.78 is 22.8. The highest BCUT2D eigenvalue weighted by Gasteiger charge is 2.37. The minimum atomic E-state index is -2.98. The Balaban J connectivity index is 2.15. The summed E-state index contributed by atoms with van der Waals surface area (Å²) in [6.07, 6.45) is 0.628. The second-order valence-corrected chi connectivity index (χ2v) is 7.22. The quantitative estimate of drug-likeness (QED) is 0.904. The number of sulfone groups is 1. The molecule has 2 rings (SSSR count). The molecule has 1 heterocycles. The molecule has 0 atom stereocenters. The number of nitrogens with one attached hydrogen (secondary N) is 1. The standard InChI is InChI=1S/C12H13ClN2O2S/c13-10-1-3-11(4-2-10)15-12(9-14)5-7-18(16,17)8-6-12/h1-4,15H,5-8H2. The zero-order valence-electron chi connectivity index (χ0n) is 9.69. The highest BCUT2D eigenvalue weighted by atomic mass is 35.5. The largest absolute Gasteiger partial charge is 0.367 e. The zero-order valence-corrected chi connectivity index (χ0v) is 11.3. The highest BCUT2D eigenvalue weighted by molar-refractivity contribution is 7.91. The van der Waals surface area contributed by atoms with Crippen molar-refractivity contribution in [3.8, 4) is 6.07 Å². The summed E-state index contributed by atoms with van der Waals surface area (Å²) in [5.74, 6) is 0.113. The van der Waals surface area contributed by atoms with E-state index in [1.807, 2.05) is 0 Å². The molecule has 0 amide bonds. The van der Waals surface area contributed by atoms with Gasteiger partial charge in [0.05, 0.1) is 17.6 Å². The van der Waals surface area contributed by atoms with E-state index >= 15 is 0 Å². The van der Waals surface area contributed by atoms with Crippen molar-refractivity contribution in [1.82, 2.24) is 0 Å². The zero-order chi connectivity index (χ0) is 13.2. The molecule has 96 valence electrons. The van der Waals surface area contributed by atoms with Gasteiger partial charge in [0.15, 0.2) is 9.84 Å². The van der Waals surface area contributed by atoms with Gasteiger partial charge in [0, 0.05) is 10.7 Å². The van der Waals surface area contributed by atoms with E-state index in [1.54, 1.807) is 24.3 Å². The first-order valence-electron chi connectivity index (χ1n) is 5.60. The van der Waals surface area contributed by atoms with Crippen LogP contribution < -0.4 is 5.32 Å². The molecule has 0 spiro atoms. The van der Waals surface area contributed by atoms with Gasteiger partial charge in [-0.15, -0.1) is 0 Å². The molecule has 0 unspecified atom stereocenters. The number of hydrogen-bond acceptors (Lipinski definition) is 4. The van der Waals surface area contributed by atoms with E-state index in [1.165, 1.54) is 0 Å². The second kappa shape index (κ2) is 4.79. The Morgan fingerprint density at radius 1 is 1.22 bits per heavy atom. The van der Waals surface area contributed by atoms with Crippen molar-refractivity contribution in [3.05, 3.63) is 29.3 Å². The average Bonchev–Trinajstić information content (AvgIpc) is 2.35. The maximum absolute atomic E-state index is 11.4. The molecule has 1 N–H and O–H groups in total. The molecule has 1 saturated heterocycles. The highest BCUT2D eigenvalue weighted by Crippen LogP contribution is 2.28. The Hall–Kier alpha value is -1.25. The van der Waals surface area contributed by atoms with Crippen LogP contribution in [0.1, 0.15) is 12.8 Å². The molecule has 1 aromatic rings. The van der Waals surface area contributed by atoms with E-state index in [0.717, 1.165) is 5.69 Å². The Bertz CT molecular complexity index is 561. The maximum atomic E-state index is 11.4. The van der Waals surface area contributed by atoms with E-state index in [0.29, 0.717) is 17.9 Å². The lowest BCUT2D eigenvalue weighted by Crippen LogP contribution is -2.44. The molecule has 1 fully saturated rings. The Morgan fingerprint density at radius 2 is 1.78 bits per heavy atom. The Kier molecular flexibility index (Phi) is 3.51. The molecular formula is C12H13ClN2O2S. The lowest BCUT2D eigenvalue weighted by molar-refractivity contribution is 0.505. The van der Waals surface area contributed by atoms with Crippen LogP contribution in [0.15, 0.2) is 24.3 Å². The predicted octanol–water partition coefficient (Wildman–Crippen LogP) is 2.22. The van der Waals surface area contributed by atoms with Crippen molar-refractivity contribution in [2.45, 2.75) is 18.4 Å². The molecule has 1 aromatic carbocycles. The van der Waals surface area contributed by atoms with Gasteiger partial charge < -0.3 is 5.32 Å². The van der Waals surface area contributed by atoms with Gasteiger partial charge in [0.2, 0.25) is 0 Å². The van der Waals surface area contributed by atoms with Gasteiger partial charge in [0.1, 0.15) is 5.54 Å².